The van der Waals surface area contributed by atoms with Crippen LogP contribution in [0.4, 0.5) is 0 Å². The molecule has 6 heteroatoms. The molecule has 0 atom stereocenters. The van der Waals surface area contributed by atoms with E-state index in [-0.39, 0.29) is 28.2 Å². The van der Waals surface area contributed by atoms with E-state index in [2.05, 4.69) is 4.74 Å². The number of hydrogen-bond acceptors (Lipinski definition) is 5. The molecule has 0 saturated carbocycles. The molecule has 0 amide bonds. The van der Waals surface area contributed by atoms with Gasteiger partial charge in [0.25, 0.3) is 0 Å². The largest absolute Gasteiger partial charge is 0.478 e. The highest BCUT2D eigenvalue weighted by molar-refractivity contribution is 5.99. The lowest BCUT2D eigenvalue weighted by molar-refractivity contribution is 0.0599. The fourth-order valence-corrected chi connectivity index (χ4v) is 1.73. The number of furan rings is 1. The summed E-state index contributed by atoms with van der Waals surface area (Å²) in [5, 5.41) is 8.99. The second-order valence-corrected chi connectivity index (χ2v) is 3.88. The number of carbonyl (C=O) groups excluding carboxylic acids is 2. The number of ether oxygens (including phenoxy) is 1. The Morgan fingerprint density at radius 2 is 2.00 bits per heavy atom. The first-order chi connectivity index (χ1) is 9.56. The first-order valence-electron chi connectivity index (χ1n) is 5.58. The van der Waals surface area contributed by atoms with Gasteiger partial charge in [-0.1, -0.05) is 0 Å². The summed E-state index contributed by atoms with van der Waals surface area (Å²) in [6, 6.07) is 6.84. The Labute approximate surface area is 113 Å². The summed E-state index contributed by atoms with van der Waals surface area (Å²) in [7, 11) is 1.22. The van der Waals surface area contributed by atoms with Gasteiger partial charge in [-0.15, -0.1) is 0 Å². The SMILES string of the molecule is COC(=O)c1ccc(C(=O)O)cc1-c1ccc(C=O)o1. The monoisotopic (exact) mass is 274 g/mol. The summed E-state index contributed by atoms with van der Waals surface area (Å²) in [4.78, 5) is 33.3. The fourth-order valence-electron chi connectivity index (χ4n) is 1.73. The van der Waals surface area contributed by atoms with Crippen LogP contribution < -0.4 is 0 Å². The topological polar surface area (TPSA) is 93.8 Å². The molecule has 1 aromatic heterocycles. The van der Waals surface area contributed by atoms with Crippen LogP contribution >= 0.6 is 0 Å². The molecular formula is C14H10O6. The van der Waals surface area contributed by atoms with Gasteiger partial charge in [0, 0.05) is 5.56 Å². The Kier molecular flexibility index (Phi) is 3.65. The van der Waals surface area contributed by atoms with Crippen LogP contribution in [-0.2, 0) is 4.74 Å². The molecule has 1 heterocycles. The molecule has 0 saturated heterocycles. The Balaban J connectivity index is 2.62. The van der Waals surface area contributed by atoms with Crippen molar-refractivity contribution in [3.63, 3.8) is 0 Å². The van der Waals surface area contributed by atoms with E-state index in [1.54, 1.807) is 0 Å². The highest BCUT2D eigenvalue weighted by atomic mass is 16.5. The van der Waals surface area contributed by atoms with Gasteiger partial charge >= 0.3 is 11.9 Å². The smallest absolute Gasteiger partial charge is 0.338 e. The van der Waals surface area contributed by atoms with Crippen LogP contribution in [-0.4, -0.2) is 30.4 Å². The number of methoxy groups -OCH3 is 1. The molecule has 0 unspecified atom stereocenters. The first-order valence-corrected chi connectivity index (χ1v) is 5.58. The van der Waals surface area contributed by atoms with Crippen molar-refractivity contribution in [2.45, 2.75) is 0 Å². The average Bonchev–Trinajstić information content (AvgIpc) is 2.94. The van der Waals surface area contributed by atoms with Gasteiger partial charge in [0.2, 0.25) is 0 Å². The van der Waals surface area contributed by atoms with Crippen molar-refractivity contribution in [2.75, 3.05) is 7.11 Å². The Bertz CT molecular complexity index is 683. The molecule has 1 N–H and O–H groups in total. The number of hydrogen-bond donors (Lipinski definition) is 1. The lowest BCUT2D eigenvalue weighted by atomic mass is 10.0. The van der Waals surface area contributed by atoms with Gasteiger partial charge in [0.15, 0.2) is 12.0 Å². The Morgan fingerprint density at radius 3 is 2.55 bits per heavy atom. The molecule has 0 bridgehead atoms. The Morgan fingerprint density at radius 1 is 1.25 bits per heavy atom. The van der Waals surface area contributed by atoms with Crippen LogP contribution in [0.15, 0.2) is 34.7 Å². The zero-order chi connectivity index (χ0) is 14.7. The highest BCUT2D eigenvalue weighted by Gasteiger charge is 2.18. The maximum atomic E-state index is 11.7. The predicted octanol–water partition coefficient (Wildman–Crippen LogP) is 2.24. The van der Waals surface area contributed by atoms with Gasteiger partial charge in [-0.25, -0.2) is 9.59 Å². The van der Waals surface area contributed by atoms with E-state index < -0.39 is 11.9 Å². The molecule has 2 aromatic rings. The second kappa shape index (κ2) is 5.40. The van der Waals surface area contributed by atoms with Gasteiger partial charge in [0.1, 0.15) is 5.76 Å². The van der Waals surface area contributed by atoms with E-state index >= 15 is 0 Å². The number of carboxylic acid groups (broad SMARTS) is 1. The van der Waals surface area contributed by atoms with E-state index in [1.807, 2.05) is 0 Å². The van der Waals surface area contributed by atoms with Gasteiger partial charge < -0.3 is 14.3 Å². The van der Waals surface area contributed by atoms with Crippen LogP contribution in [0.1, 0.15) is 31.3 Å². The van der Waals surface area contributed by atoms with Crippen LogP contribution in [0.25, 0.3) is 11.3 Å². The number of carboxylic acids is 1. The van der Waals surface area contributed by atoms with Crippen molar-refractivity contribution in [3.05, 3.63) is 47.2 Å². The van der Waals surface area contributed by atoms with Crippen molar-refractivity contribution < 1.29 is 28.6 Å². The molecule has 0 spiro atoms. The van der Waals surface area contributed by atoms with E-state index in [4.69, 9.17) is 9.52 Å². The third kappa shape index (κ3) is 2.44. The number of benzene rings is 1. The Hall–Kier alpha value is -2.89. The zero-order valence-corrected chi connectivity index (χ0v) is 10.5. The molecule has 0 aliphatic carbocycles. The van der Waals surface area contributed by atoms with E-state index in [0.29, 0.717) is 6.29 Å². The predicted molar refractivity (Wildman–Crippen MR) is 67.8 cm³/mol. The minimum absolute atomic E-state index is 0.00305. The average molecular weight is 274 g/mol. The summed E-state index contributed by atoms with van der Waals surface area (Å²) >= 11 is 0. The zero-order valence-electron chi connectivity index (χ0n) is 10.5. The highest BCUT2D eigenvalue weighted by Crippen LogP contribution is 2.27. The molecular weight excluding hydrogens is 264 g/mol. The van der Waals surface area contributed by atoms with Crippen LogP contribution in [0.2, 0.25) is 0 Å². The standard InChI is InChI=1S/C14H10O6/c1-19-14(18)10-4-2-8(13(16)17)6-11(10)12-5-3-9(7-15)20-12/h2-7H,1H3,(H,16,17). The summed E-state index contributed by atoms with van der Waals surface area (Å²) < 4.78 is 9.85. The van der Waals surface area contributed by atoms with Gasteiger partial charge in [-0.2, -0.15) is 0 Å². The number of aldehydes is 1. The maximum Gasteiger partial charge on any atom is 0.338 e. The molecule has 20 heavy (non-hydrogen) atoms. The van der Waals surface area contributed by atoms with Crippen LogP contribution in [0, 0.1) is 0 Å². The van der Waals surface area contributed by atoms with E-state index in [1.165, 1.54) is 37.4 Å². The van der Waals surface area contributed by atoms with Crippen molar-refractivity contribution in [2.24, 2.45) is 0 Å². The van der Waals surface area contributed by atoms with Gasteiger partial charge in [-0.3, -0.25) is 4.79 Å². The first kappa shape index (κ1) is 13.5. The minimum atomic E-state index is -1.13. The summed E-state index contributed by atoms with van der Waals surface area (Å²) in [6.45, 7) is 0. The third-order valence-electron chi connectivity index (χ3n) is 2.68. The number of rotatable bonds is 4. The lowest BCUT2D eigenvalue weighted by Gasteiger charge is -2.06. The quantitative estimate of drug-likeness (QED) is 0.678. The van der Waals surface area contributed by atoms with Crippen LogP contribution in [0.5, 0.6) is 0 Å². The van der Waals surface area contributed by atoms with Crippen LogP contribution in [0.3, 0.4) is 0 Å². The molecule has 102 valence electrons. The van der Waals surface area contributed by atoms with Crippen molar-refractivity contribution in [3.8, 4) is 11.3 Å². The molecule has 1 aromatic carbocycles. The van der Waals surface area contributed by atoms with Gasteiger partial charge in [0.05, 0.1) is 18.2 Å². The number of esters is 1. The third-order valence-corrected chi connectivity index (χ3v) is 2.68. The normalized spacial score (nSPS) is 10.1. The maximum absolute atomic E-state index is 11.7. The molecule has 0 radical (unpaired) electrons. The molecule has 6 nitrogen and oxygen atoms in total. The summed E-state index contributed by atoms with van der Waals surface area (Å²) in [5.74, 6) is -1.46. The number of carbonyl (C=O) groups is 3. The second-order valence-electron chi connectivity index (χ2n) is 3.88. The van der Waals surface area contributed by atoms with Crippen molar-refractivity contribution >= 4 is 18.2 Å². The molecule has 2 rings (SSSR count). The van der Waals surface area contributed by atoms with Gasteiger partial charge in [-0.05, 0) is 30.3 Å². The van der Waals surface area contributed by atoms with Crippen molar-refractivity contribution in [1.29, 1.82) is 0 Å². The van der Waals surface area contributed by atoms with Crippen molar-refractivity contribution in [1.82, 2.24) is 0 Å². The minimum Gasteiger partial charge on any atom is -0.478 e. The summed E-state index contributed by atoms with van der Waals surface area (Å²) in [6.07, 6.45) is 0.516. The van der Waals surface area contributed by atoms with E-state index in [0.717, 1.165) is 0 Å². The van der Waals surface area contributed by atoms with E-state index in [9.17, 15) is 14.4 Å². The lowest BCUT2D eigenvalue weighted by Crippen LogP contribution is -2.05. The molecule has 0 fully saturated rings. The molecule has 0 aliphatic rings. The molecule has 0 aliphatic heterocycles. The summed E-state index contributed by atoms with van der Waals surface area (Å²) in [5.41, 5.74) is 0.408. The number of aromatic carboxylic acids is 1. The fraction of sp³-hybridized carbons (Fsp3) is 0.0714.